The third kappa shape index (κ3) is 3.98. The van der Waals surface area contributed by atoms with E-state index in [1.807, 2.05) is 0 Å². The molecule has 1 aromatic rings. The van der Waals surface area contributed by atoms with Crippen molar-refractivity contribution in [1.82, 2.24) is 4.90 Å². The first kappa shape index (κ1) is 15.0. The maximum absolute atomic E-state index is 12.0. The summed E-state index contributed by atoms with van der Waals surface area (Å²) in [6.07, 6.45) is 0. The fourth-order valence-corrected chi connectivity index (χ4v) is 1.55. The molecule has 2 N–H and O–H groups in total. The molecule has 0 spiro atoms. The van der Waals surface area contributed by atoms with Gasteiger partial charge in [0.25, 0.3) is 5.91 Å². The largest absolute Gasteiger partial charge is 0.495 e. The molecule has 0 atom stereocenters. The molecule has 5 nitrogen and oxygen atoms in total. The zero-order chi connectivity index (χ0) is 14.3. The average molecular weight is 263 g/mol. The Labute approximate surface area is 112 Å². The fraction of sp³-hybridized carbons (Fsp3) is 0.357. The lowest BCUT2D eigenvalue weighted by Gasteiger charge is -2.16. The molecule has 0 aromatic heterocycles. The number of benzene rings is 1. The summed E-state index contributed by atoms with van der Waals surface area (Å²) in [5.74, 6) is 5.59. The minimum Gasteiger partial charge on any atom is -0.495 e. The van der Waals surface area contributed by atoms with E-state index in [0.717, 1.165) is 0 Å². The molecule has 0 aliphatic carbocycles. The highest BCUT2D eigenvalue weighted by Crippen LogP contribution is 2.19. The Morgan fingerprint density at radius 1 is 1.42 bits per heavy atom. The van der Waals surface area contributed by atoms with Gasteiger partial charge in [0.05, 0.1) is 19.3 Å². The van der Waals surface area contributed by atoms with Crippen molar-refractivity contribution < 1.29 is 19.7 Å². The monoisotopic (exact) mass is 263 g/mol. The second-order valence-corrected chi connectivity index (χ2v) is 3.83. The molecule has 0 bridgehead atoms. The summed E-state index contributed by atoms with van der Waals surface area (Å²) in [7, 11) is 3.13. The zero-order valence-electron chi connectivity index (χ0n) is 11.0. The van der Waals surface area contributed by atoms with E-state index in [2.05, 4.69) is 11.8 Å². The Morgan fingerprint density at radius 3 is 2.74 bits per heavy atom. The van der Waals surface area contributed by atoms with Crippen LogP contribution in [0.3, 0.4) is 0 Å². The number of methoxy groups -OCH3 is 1. The smallest absolute Gasteiger partial charge is 0.253 e. The van der Waals surface area contributed by atoms with Gasteiger partial charge in [-0.05, 0) is 18.2 Å². The van der Waals surface area contributed by atoms with Crippen LogP contribution in [0.25, 0.3) is 0 Å². The van der Waals surface area contributed by atoms with Gasteiger partial charge in [0, 0.05) is 19.2 Å². The fourth-order valence-electron chi connectivity index (χ4n) is 1.55. The molecule has 0 heterocycles. The summed E-state index contributed by atoms with van der Waals surface area (Å²) in [4.78, 5) is 13.5. The highest BCUT2D eigenvalue weighted by Gasteiger charge is 2.13. The number of hydrogen-bond donors (Lipinski definition) is 2. The summed E-state index contributed by atoms with van der Waals surface area (Å²) in [6, 6.07) is 4.90. The van der Waals surface area contributed by atoms with Gasteiger partial charge in [-0.25, -0.2) is 0 Å². The lowest BCUT2D eigenvalue weighted by molar-refractivity contribution is 0.0767. The van der Waals surface area contributed by atoms with Crippen LogP contribution in [0.15, 0.2) is 18.2 Å². The first-order valence-electron chi connectivity index (χ1n) is 5.78. The normalized spacial score (nSPS) is 9.47. The van der Waals surface area contributed by atoms with E-state index in [0.29, 0.717) is 16.9 Å². The maximum Gasteiger partial charge on any atom is 0.253 e. The standard InChI is InChI=1S/C14H17NO4/c1-15(7-9-17)14(18)12-5-6-13(19-2)11(10-12)4-3-8-16/h5-6,10,16-17H,7-9H2,1-2H3. The number of aliphatic hydroxyl groups is 2. The summed E-state index contributed by atoms with van der Waals surface area (Å²) in [5, 5.41) is 17.5. The molecule has 0 saturated carbocycles. The molecule has 0 unspecified atom stereocenters. The van der Waals surface area contributed by atoms with E-state index in [1.165, 1.54) is 12.0 Å². The zero-order valence-corrected chi connectivity index (χ0v) is 11.0. The van der Waals surface area contributed by atoms with Gasteiger partial charge in [0.2, 0.25) is 0 Å². The highest BCUT2D eigenvalue weighted by atomic mass is 16.5. The average Bonchev–Trinajstić information content (AvgIpc) is 2.44. The Bertz CT molecular complexity index is 502. The molecule has 0 radical (unpaired) electrons. The van der Waals surface area contributed by atoms with Gasteiger partial charge < -0.3 is 19.8 Å². The molecular formula is C14H17NO4. The first-order valence-corrected chi connectivity index (χ1v) is 5.78. The molecule has 0 aliphatic rings. The summed E-state index contributed by atoms with van der Waals surface area (Å²) < 4.78 is 5.14. The van der Waals surface area contributed by atoms with E-state index in [4.69, 9.17) is 14.9 Å². The third-order valence-corrected chi connectivity index (χ3v) is 2.53. The highest BCUT2D eigenvalue weighted by molar-refractivity contribution is 5.94. The Kier molecular flexibility index (Phi) is 5.86. The topological polar surface area (TPSA) is 70.0 Å². The summed E-state index contributed by atoms with van der Waals surface area (Å²) in [6.45, 7) is -0.0795. The number of aliphatic hydroxyl groups excluding tert-OH is 2. The van der Waals surface area contributed by atoms with Crippen LogP contribution in [0, 0.1) is 11.8 Å². The minimum absolute atomic E-state index is 0.0877. The van der Waals surface area contributed by atoms with Crippen molar-refractivity contribution in [2.24, 2.45) is 0 Å². The molecule has 0 saturated heterocycles. The van der Waals surface area contributed by atoms with Gasteiger partial charge in [-0.15, -0.1) is 0 Å². The Morgan fingerprint density at radius 2 is 2.16 bits per heavy atom. The van der Waals surface area contributed by atoms with Crippen molar-refractivity contribution in [2.45, 2.75) is 0 Å². The van der Waals surface area contributed by atoms with Gasteiger partial charge in [0.1, 0.15) is 12.4 Å². The Hall–Kier alpha value is -2.03. The molecule has 1 aromatic carbocycles. The Balaban J connectivity index is 3.07. The number of amides is 1. The molecule has 5 heteroatoms. The summed E-state index contributed by atoms with van der Waals surface area (Å²) in [5.41, 5.74) is 0.999. The maximum atomic E-state index is 12.0. The minimum atomic E-state index is -0.258. The van der Waals surface area contributed by atoms with E-state index in [9.17, 15) is 4.79 Å². The predicted molar refractivity (Wildman–Crippen MR) is 71.0 cm³/mol. The number of likely N-dealkylation sites (N-methyl/N-ethyl adjacent to an activating group) is 1. The van der Waals surface area contributed by atoms with Crippen molar-refractivity contribution in [2.75, 3.05) is 33.9 Å². The van der Waals surface area contributed by atoms with Crippen molar-refractivity contribution in [3.63, 3.8) is 0 Å². The van der Waals surface area contributed by atoms with Crippen LogP contribution >= 0.6 is 0 Å². The molecule has 1 rings (SSSR count). The van der Waals surface area contributed by atoms with Gasteiger partial charge in [-0.2, -0.15) is 0 Å². The molecule has 19 heavy (non-hydrogen) atoms. The van der Waals surface area contributed by atoms with Gasteiger partial charge in [-0.3, -0.25) is 4.79 Å². The number of nitrogens with zero attached hydrogens (tertiary/aromatic N) is 1. The third-order valence-electron chi connectivity index (χ3n) is 2.53. The van der Waals surface area contributed by atoms with Crippen LogP contribution in [0.1, 0.15) is 15.9 Å². The van der Waals surface area contributed by atoms with Crippen LogP contribution in [-0.2, 0) is 0 Å². The molecule has 0 fully saturated rings. The van der Waals surface area contributed by atoms with E-state index < -0.39 is 0 Å². The quantitative estimate of drug-likeness (QED) is 0.756. The van der Waals surface area contributed by atoms with Gasteiger partial charge >= 0.3 is 0 Å². The lowest BCUT2D eigenvalue weighted by atomic mass is 10.1. The van der Waals surface area contributed by atoms with Crippen LogP contribution in [0.2, 0.25) is 0 Å². The second kappa shape index (κ2) is 7.41. The van der Waals surface area contributed by atoms with Gasteiger partial charge in [-0.1, -0.05) is 11.8 Å². The van der Waals surface area contributed by atoms with Crippen molar-refractivity contribution >= 4 is 5.91 Å². The number of carbonyl (C=O) groups is 1. The lowest BCUT2D eigenvalue weighted by Crippen LogP contribution is -2.29. The SMILES string of the molecule is COc1ccc(C(=O)N(C)CCO)cc1C#CCO. The first-order chi connectivity index (χ1) is 9.13. The number of ether oxygens (including phenoxy) is 1. The molecular weight excluding hydrogens is 246 g/mol. The number of hydrogen-bond acceptors (Lipinski definition) is 4. The molecule has 1 amide bonds. The van der Waals surface area contributed by atoms with Crippen LogP contribution in [-0.4, -0.2) is 54.9 Å². The number of carbonyl (C=O) groups excluding carboxylic acids is 1. The van der Waals surface area contributed by atoms with E-state index >= 15 is 0 Å². The van der Waals surface area contributed by atoms with Gasteiger partial charge in [0.15, 0.2) is 0 Å². The van der Waals surface area contributed by atoms with E-state index in [1.54, 1.807) is 25.2 Å². The summed E-state index contributed by atoms with van der Waals surface area (Å²) >= 11 is 0. The van der Waals surface area contributed by atoms with Crippen molar-refractivity contribution in [3.05, 3.63) is 29.3 Å². The molecule has 0 aliphatic heterocycles. The van der Waals surface area contributed by atoms with Crippen molar-refractivity contribution in [1.29, 1.82) is 0 Å². The van der Waals surface area contributed by atoms with Crippen molar-refractivity contribution in [3.8, 4) is 17.6 Å². The van der Waals surface area contributed by atoms with Crippen LogP contribution < -0.4 is 4.74 Å². The second-order valence-electron chi connectivity index (χ2n) is 3.83. The van der Waals surface area contributed by atoms with E-state index in [-0.39, 0.29) is 25.7 Å². The van der Waals surface area contributed by atoms with Crippen LogP contribution in [0.5, 0.6) is 5.75 Å². The number of rotatable bonds is 4. The predicted octanol–water partition coefficient (Wildman–Crippen LogP) is 0.103. The van der Waals surface area contributed by atoms with Crippen LogP contribution in [0.4, 0.5) is 0 Å². The molecule has 102 valence electrons.